The molecule has 0 spiro atoms. The van der Waals surface area contributed by atoms with Crippen molar-refractivity contribution in [2.75, 3.05) is 18.1 Å². The molecule has 0 heterocycles. The Morgan fingerprint density at radius 2 is 1.83 bits per heavy atom. The molecule has 1 aromatic rings. The Bertz CT molecular complexity index is 529. The number of hydrogen-bond acceptors (Lipinski definition) is 4. The number of sulfone groups is 1. The highest BCUT2D eigenvalue weighted by Crippen LogP contribution is 2.32. The zero-order valence-corrected chi connectivity index (χ0v) is 12.4. The van der Waals surface area contributed by atoms with Gasteiger partial charge in [0.15, 0.2) is 9.84 Å². The third kappa shape index (κ3) is 3.93. The molecule has 0 aliphatic carbocycles. The number of ether oxygens (including phenoxy) is 1. The fraction of sp³-hybridized carbons (Fsp3) is 0.455. The molecule has 0 amide bonds. The minimum Gasteiger partial charge on any atom is -0.490 e. The van der Waals surface area contributed by atoms with Crippen LogP contribution in [0.4, 0.5) is 5.69 Å². The molecule has 1 aromatic carbocycles. The molecule has 0 aromatic heterocycles. The number of anilines is 1. The third-order valence-electron chi connectivity index (χ3n) is 2.40. The van der Waals surface area contributed by atoms with E-state index in [1.807, 2.05) is 0 Å². The van der Waals surface area contributed by atoms with Crippen LogP contribution in [-0.2, 0) is 9.84 Å². The van der Waals surface area contributed by atoms with E-state index < -0.39 is 15.1 Å². The van der Waals surface area contributed by atoms with Gasteiger partial charge in [0, 0.05) is 6.07 Å². The van der Waals surface area contributed by atoms with E-state index in [1.165, 1.54) is 12.1 Å². The summed E-state index contributed by atoms with van der Waals surface area (Å²) in [6, 6.07) is 2.94. The van der Waals surface area contributed by atoms with Crippen LogP contribution in [0.3, 0.4) is 0 Å². The average molecular weight is 312 g/mol. The molecule has 0 fully saturated rings. The van der Waals surface area contributed by atoms with Gasteiger partial charge >= 0.3 is 0 Å². The second kappa shape index (κ2) is 5.99. The lowest BCUT2D eigenvalue weighted by Crippen LogP contribution is -2.22. The van der Waals surface area contributed by atoms with Gasteiger partial charge in [0.2, 0.25) is 0 Å². The number of halogens is 2. The Labute approximate surface area is 117 Å². The lowest BCUT2D eigenvalue weighted by Gasteiger charge is -2.11. The number of nitrogens with two attached hydrogens (primary N) is 1. The van der Waals surface area contributed by atoms with Crippen molar-refractivity contribution in [3.05, 3.63) is 22.2 Å². The molecule has 0 bridgehead atoms. The molecule has 0 radical (unpaired) electrons. The van der Waals surface area contributed by atoms with E-state index in [2.05, 4.69) is 0 Å². The Balaban J connectivity index is 2.68. The molecule has 0 atom stereocenters. The van der Waals surface area contributed by atoms with Gasteiger partial charge in [-0.2, -0.15) is 0 Å². The van der Waals surface area contributed by atoms with E-state index in [0.29, 0.717) is 21.5 Å². The van der Waals surface area contributed by atoms with Gasteiger partial charge in [0.05, 0.1) is 26.7 Å². The van der Waals surface area contributed by atoms with Crippen LogP contribution in [0.25, 0.3) is 0 Å². The van der Waals surface area contributed by atoms with Crippen molar-refractivity contribution in [3.8, 4) is 5.75 Å². The molecular formula is C11H15Cl2NO3S. The summed E-state index contributed by atoms with van der Waals surface area (Å²) in [6.45, 7) is 3.29. The van der Waals surface area contributed by atoms with Crippen molar-refractivity contribution < 1.29 is 13.2 Å². The van der Waals surface area contributed by atoms with Crippen LogP contribution in [0.15, 0.2) is 12.1 Å². The molecule has 1 rings (SSSR count). The van der Waals surface area contributed by atoms with Crippen LogP contribution in [0, 0.1) is 0 Å². The largest absolute Gasteiger partial charge is 0.490 e. The van der Waals surface area contributed by atoms with E-state index in [9.17, 15) is 8.42 Å². The van der Waals surface area contributed by atoms with Crippen molar-refractivity contribution in [3.63, 3.8) is 0 Å². The zero-order chi connectivity index (χ0) is 13.9. The van der Waals surface area contributed by atoms with Gasteiger partial charge in [0.25, 0.3) is 0 Å². The maximum absolute atomic E-state index is 11.6. The summed E-state index contributed by atoms with van der Waals surface area (Å²) >= 11 is 11.6. The zero-order valence-electron chi connectivity index (χ0n) is 10.1. The predicted molar refractivity (Wildman–Crippen MR) is 75.3 cm³/mol. The topological polar surface area (TPSA) is 69.4 Å². The predicted octanol–water partition coefficient (Wildman–Crippen LogP) is 2.78. The summed E-state index contributed by atoms with van der Waals surface area (Å²) in [5.74, 6) is 0.271. The maximum Gasteiger partial charge on any atom is 0.155 e. The third-order valence-corrected chi connectivity index (χ3v) is 5.29. The lowest BCUT2D eigenvalue weighted by atomic mass is 10.3. The van der Waals surface area contributed by atoms with Crippen molar-refractivity contribution in [1.82, 2.24) is 0 Å². The fourth-order valence-corrected chi connectivity index (χ4v) is 2.29. The molecule has 0 aliphatic rings. The smallest absolute Gasteiger partial charge is 0.155 e. The number of benzene rings is 1. The minimum absolute atomic E-state index is 0.0304. The standard InChI is InChI=1S/C11H15Cl2NO3S/c1-7(2)18(15,16)4-3-17-11-6-9(13)8(12)5-10(11)14/h5-7H,3-4,14H2,1-2H3. The quantitative estimate of drug-likeness (QED) is 0.849. The van der Waals surface area contributed by atoms with Gasteiger partial charge in [0.1, 0.15) is 12.4 Å². The van der Waals surface area contributed by atoms with E-state index in [1.54, 1.807) is 13.8 Å². The molecule has 7 heteroatoms. The summed E-state index contributed by atoms with van der Waals surface area (Å²) in [5, 5.41) is 0.219. The fourth-order valence-electron chi connectivity index (χ4n) is 1.17. The van der Waals surface area contributed by atoms with Gasteiger partial charge in [-0.25, -0.2) is 8.42 Å². The SMILES string of the molecule is CC(C)S(=O)(=O)CCOc1cc(Cl)c(Cl)cc1N. The van der Waals surface area contributed by atoms with Crippen molar-refractivity contribution in [2.45, 2.75) is 19.1 Å². The highest BCUT2D eigenvalue weighted by molar-refractivity contribution is 7.91. The molecule has 4 nitrogen and oxygen atoms in total. The van der Waals surface area contributed by atoms with Crippen LogP contribution in [0.5, 0.6) is 5.75 Å². The van der Waals surface area contributed by atoms with Crippen LogP contribution >= 0.6 is 23.2 Å². The molecule has 0 unspecified atom stereocenters. The molecule has 0 aliphatic heterocycles. The van der Waals surface area contributed by atoms with E-state index in [-0.39, 0.29) is 12.4 Å². The first kappa shape index (κ1) is 15.4. The first-order valence-corrected chi connectivity index (χ1v) is 7.80. The second-order valence-corrected chi connectivity index (χ2v) is 7.56. The molecule has 18 heavy (non-hydrogen) atoms. The molecule has 0 saturated heterocycles. The summed E-state index contributed by atoms with van der Waals surface area (Å²) in [6.07, 6.45) is 0. The Kier molecular flexibility index (Phi) is 5.13. The van der Waals surface area contributed by atoms with Crippen molar-refractivity contribution in [1.29, 1.82) is 0 Å². The maximum atomic E-state index is 11.6. The van der Waals surface area contributed by atoms with Crippen LogP contribution in [0.1, 0.15) is 13.8 Å². The summed E-state index contributed by atoms with van der Waals surface area (Å²) in [4.78, 5) is 0. The minimum atomic E-state index is -3.12. The van der Waals surface area contributed by atoms with Gasteiger partial charge in [-0.05, 0) is 19.9 Å². The number of nitrogen functional groups attached to an aromatic ring is 1. The van der Waals surface area contributed by atoms with E-state index in [0.717, 1.165) is 0 Å². The average Bonchev–Trinajstić information content (AvgIpc) is 2.25. The van der Waals surface area contributed by atoms with Gasteiger partial charge < -0.3 is 10.5 Å². The van der Waals surface area contributed by atoms with Crippen LogP contribution < -0.4 is 10.5 Å². The van der Waals surface area contributed by atoms with E-state index in [4.69, 9.17) is 33.7 Å². The highest BCUT2D eigenvalue weighted by atomic mass is 35.5. The highest BCUT2D eigenvalue weighted by Gasteiger charge is 2.16. The lowest BCUT2D eigenvalue weighted by molar-refractivity contribution is 0.342. The Morgan fingerprint density at radius 1 is 1.28 bits per heavy atom. The molecule has 102 valence electrons. The van der Waals surface area contributed by atoms with Gasteiger partial charge in [-0.15, -0.1) is 0 Å². The monoisotopic (exact) mass is 311 g/mol. The van der Waals surface area contributed by atoms with Gasteiger partial charge in [-0.3, -0.25) is 0 Å². The summed E-state index contributed by atoms with van der Waals surface area (Å²) < 4.78 is 28.4. The van der Waals surface area contributed by atoms with E-state index >= 15 is 0 Å². The molecular weight excluding hydrogens is 297 g/mol. The molecule has 0 saturated carbocycles. The Hall–Kier alpha value is -0.650. The van der Waals surface area contributed by atoms with Gasteiger partial charge in [-0.1, -0.05) is 23.2 Å². The summed E-state index contributed by atoms with van der Waals surface area (Å²) in [5.41, 5.74) is 6.01. The van der Waals surface area contributed by atoms with Crippen LogP contribution in [-0.4, -0.2) is 26.0 Å². The number of rotatable bonds is 5. The Morgan fingerprint density at radius 3 is 2.39 bits per heavy atom. The second-order valence-electron chi connectivity index (χ2n) is 4.07. The normalized spacial score (nSPS) is 11.8. The molecule has 2 N–H and O–H groups in total. The van der Waals surface area contributed by atoms with Crippen molar-refractivity contribution >= 4 is 38.7 Å². The summed E-state index contributed by atoms with van der Waals surface area (Å²) in [7, 11) is -3.12. The first-order valence-electron chi connectivity index (χ1n) is 5.33. The van der Waals surface area contributed by atoms with Crippen LogP contribution in [0.2, 0.25) is 10.0 Å². The van der Waals surface area contributed by atoms with Crippen molar-refractivity contribution in [2.24, 2.45) is 0 Å². The first-order chi connectivity index (χ1) is 8.24. The number of hydrogen-bond donors (Lipinski definition) is 1.